The summed E-state index contributed by atoms with van der Waals surface area (Å²) in [6.45, 7) is 5.44. The van der Waals surface area contributed by atoms with Gasteiger partial charge in [0.05, 0.1) is 11.4 Å². The van der Waals surface area contributed by atoms with Gasteiger partial charge < -0.3 is 5.11 Å². The molecule has 0 saturated carbocycles. The summed E-state index contributed by atoms with van der Waals surface area (Å²) in [6, 6.07) is 2.17. The monoisotopic (exact) mass is 209 g/mol. The van der Waals surface area contributed by atoms with Gasteiger partial charge in [-0.3, -0.25) is 9.58 Å². The number of aromatic nitrogens is 2. The first-order chi connectivity index (χ1) is 7.22. The Morgan fingerprint density at radius 1 is 1.53 bits per heavy atom. The molecule has 1 saturated heterocycles. The largest absolute Gasteiger partial charge is 0.396 e. The summed E-state index contributed by atoms with van der Waals surface area (Å²) < 4.78 is 1.96. The Morgan fingerprint density at radius 3 is 2.80 bits per heavy atom. The average Bonchev–Trinajstić information content (AvgIpc) is 2.52. The second kappa shape index (κ2) is 4.33. The molecule has 0 aliphatic carbocycles. The van der Waals surface area contributed by atoms with E-state index >= 15 is 0 Å². The summed E-state index contributed by atoms with van der Waals surface area (Å²) in [5.41, 5.74) is 2.43. The van der Waals surface area contributed by atoms with Crippen molar-refractivity contribution >= 4 is 0 Å². The fraction of sp³-hybridized carbons (Fsp3) is 0.727. The molecule has 1 N–H and O–H groups in total. The number of aliphatic hydroxyl groups excluding tert-OH is 1. The maximum absolute atomic E-state index is 8.92. The lowest BCUT2D eigenvalue weighted by Crippen LogP contribution is -2.47. The van der Waals surface area contributed by atoms with E-state index in [0.29, 0.717) is 12.5 Å². The molecule has 4 nitrogen and oxygen atoms in total. The van der Waals surface area contributed by atoms with E-state index < -0.39 is 0 Å². The molecule has 4 heteroatoms. The Labute approximate surface area is 90.5 Å². The lowest BCUT2D eigenvalue weighted by atomic mass is 10.0. The Kier molecular flexibility index (Phi) is 3.07. The summed E-state index contributed by atoms with van der Waals surface area (Å²) in [5.74, 6) is 0.490. The highest BCUT2D eigenvalue weighted by atomic mass is 16.3. The van der Waals surface area contributed by atoms with Crippen molar-refractivity contribution in [3.63, 3.8) is 0 Å². The van der Waals surface area contributed by atoms with E-state index in [1.807, 2.05) is 11.7 Å². The van der Waals surface area contributed by atoms with E-state index in [1.165, 1.54) is 5.69 Å². The zero-order valence-electron chi connectivity index (χ0n) is 9.48. The lowest BCUT2D eigenvalue weighted by molar-refractivity contribution is 0.0461. The molecule has 0 aromatic carbocycles. The van der Waals surface area contributed by atoms with E-state index in [0.717, 1.165) is 31.7 Å². The van der Waals surface area contributed by atoms with Gasteiger partial charge in [0.15, 0.2) is 0 Å². The van der Waals surface area contributed by atoms with Crippen LogP contribution in [0.15, 0.2) is 6.07 Å². The van der Waals surface area contributed by atoms with Crippen LogP contribution in [0.25, 0.3) is 0 Å². The van der Waals surface area contributed by atoms with Crippen molar-refractivity contribution in [3.05, 3.63) is 17.5 Å². The molecular weight excluding hydrogens is 190 g/mol. The van der Waals surface area contributed by atoms with E-state index in [2.05, 4.69) is 23.0 Å². The molecule has 15 heavy (non-hydrogen) atoms. The van der Waals surface area contributed by atoms with Crippen LogP contribution in [0.3, 0.4) is 0 Å². The summed E-state index contributed by atoms with van der Waals surface area (Å²) in [4.78, 5) is 2.34. The summed E-state index contributed by atoms with van der Waals surface area (Å²) in [5, 5.41) is 13.3. The number of aliphatic hydroxyl groups is 1. The van der Waals surface area contributed by atoms with Gasteiger partial charge in [-0.1, -0.05) is 6.92 Å². The van der Waals surface area contributed by atoms with Gasteiger partial charge in [0.1, 0.15) is 0 Å². The third-order valence-corrected chi connectivity index (χ3v) is 3.07. The molecule has 0 spiro atoms. The zero-order valence-corrected chi connectivity index (χ0v) is 9.48. The second-order valence-corrected chi connectivity index (χ2v) is 4.35. The molecule has 0 atom stereocenters. The molecule has 1 aromatic rings. The molecule has 1 fully saturated rings. The van der Waals surface area contributed by atoms with E-state index in [-0.39, 0.29) is 0 Å². The quantitative estimate of drug-likeness (QED) is 0.780. The third kappa shape index (κ3) is 2.21. The first kappa shape index (κ1) is 10.6. The van der Waals surface area contributed by atoms with Crippen molar-refractivity contribution in [2.24, 2.45) is 13.0 Å². The maximum Gasteiger partial charge on any atom is 0.0625 e. The number of hydrogen-bond acceptors (Lipinski definition) is 3. The van der Waals surface area contributed by atoms with Crippen LogP contribution in [-0.2, 0) is 20.0 Å². The van der Waals surface area contributed by atoms with Crippen LogP contribution in [0.2, 0.25) is 0 Å². The Bertz CT molecular complexity index is 329. The predicted octanol–water partition coefficient (Wildman–Crippen LogP) is 0.407. The van der Waals surface area contributed by atoms with E-state index in [4.69, 9.17) is 5.11 Å². The molecule has 2 heterocycles. The van der Waals surface area contributed by atoms with Crippen molar-refractivity contribution in [3.8, 4) is 0 Å². The van der Waals surface area contributed by atoms with Crippen LogP contribution >= 0.6 is 0 Å². The van der Waals surface area contributed by atoms with Crippen LogP contribution < -0.4 is 0 Å². The topological polar surface area (TPSA) is 41.3 Å². The molecule has 0 amide bonds. The summed E-state index contributed by atoms with van der Waals surface area (Å²) >= 11 is 0. The Hall–Kier alpha value is -0.870. The Morgan fingerprint density at radius 2 is 2.27 bits per heavy atom. The van der Waals surface area contributed by atoms with Gasteiger partial charge in [-0.25, -0.2) is 0 Å². The van der Waals surface area contributed by atoms with Gasteiger partial charge in [0.2, 0.25) is 0 Å². The molecule has 1 aliphatic rings. The van der Waals surface area contributed by atoms with Gasteiger partial charge in [0, 0.05) is 39.2 Å². The highest BCUT2D eigenvalue weighted by molar-refractivity contribution is 5.10. The lowest BCUT2D eigenvalue weighted by Gasteiger charge is -2.38. The fourth-order valence-electron chi connectivity index (χ4n) is 2.04. The molecule has 1 aromatic heterocycles. The smallest absolute Gasteiger partial charge is 0.0625 e. The zero-order chi connectivity index (χ0) is 10.8. The minimum atomic E-state index is 0.322. The number of likely N-dealkylation sites (tertiary alicyclic amines) is 1. The van der Waals surface area contributed by atoms with Crippen molar-refractivity contribution in [2.75, 3.05) is 19.7 Å². The van der Waals surface area contributed by atoms with Crippen molar-refractivity contribution in [1.29, 1.82) is 0 Å². The van der Waals surface area contributed by atoms with Crippen LogP contribution in [0.5, 0.6) is 0 Å². The Balaban J connectivity index is 1.91. The first-order valence-corrected chi connectivity index (χ1v) is 5.58. The fourth-order valence-corrected chi connectivity index (χ4v) is 2.04. The molecule has 0 bridgehead atoms. The van der Waals surface area contributed by atoms with Crippen LogP contribution in [0.4, 0.5) is 0 Å². The third-order valence-electron chi connectivity index (χ3n) is 3.07. The van der Waals surface area contributed by atoms with Crippen LogP contribution in [-0.4, -0.2) is 39.5 Å². The minimum Gasteiger partial charge on any atom is -0.396 e. The standard InChI is InChI=1S/C11H19N3O/c1-3-10-4-11(13(2)12-10)7-14-5-9(6-14)8-15/h4,9,15H,3,5-8H2,1-2H3. The van der Waals surface area contributed by atoms with Crippen molar-refractivity contribution in [2.45, 2.75) is 19.9 Å². The second-order valence-electron chi connectivity index (χ2n) is 4.35. The highest BCUT2D eigenvalue weighted by Gasteiger charge is 2.26. The highest BCUT2D eigenvalue weighted by Crippen LogP contribution is 2.18. The molecule has 84 valence electrons. The molecule has 2 rings (SSSR count). The minimum absolute atomic E-state index is 0.322. The van der Waals surface area contributed by atoms with Crippen LogP contribution in [0, 0.1) is 5.92 Å². The predicted molar refractivity (Wildman–Crippen MR) is 58.4 cm³/mol. The van der Waals surface area contributed by atoms with Gasteiger partial charge in [-0.2, -0.15) is 5.10 Å². The first-order valence-electron chi connectivity index (χ1n) is 5.58. The van der Waals surface area contributed by atoms with Crippen molar-refractivity contribution < 1.29 is 5.11 Å². The van der Waals surface area contributed by atoms with Crippen molar-refractivity contribution in [1.82, 2.24) is 14.7 Å². The SMILES string of the molecule is CCc1cc(CN2CC(CO)C2)n(C)n1. The summed E-state index contributed by atoms with van der Waals surface area (Å²) in [6.07, 6.45) is 0.993. The van der Waals surface area contributed by atoms with Gasteiger partial charge in [-0.05, 0) is 12.5 Å². The van der Waals surface area contributed by atoms with E-state index in [1.54, 1.807) is 0 Å². The number of hydrogen-bond donors (Lipinski definition) is 1. The van der Waals surface area contributed by atoms with E-state index in [9.17, 15) is 0 Å². The molecule has 0 unspecified atom stereocenters. The van der Waals surface area contributed by atoms with Gasteiger partial charge >= 0.3 is 0 Å². The summed E-state index contributed by atoms with van der Waals surface area (Å²) in [7, 11) is 2.00. The normalized spacial score (nSPS) is 18.1. The number of rotatable bonds is 4. The number of aryl methyl sites for hydroxylation is 2. The van der Waals surface area contributed by atoms with Gasteiger partial charge in [-0.15, -0.1) is 0 Å². The number of nitrogens with zero attached hydrogens (tertiary/aromatic N) is 3. The van der Waals surface area contributed by atoms with Crippen LogP contribution in [0.1, 0.15) is 18.3 Å². The average molecular weight is 209 g/mol. The molecule has 1 aliphatic heterocycles. The molecule has 0 radical (unpaired) electrons. The maximum atomic E-state index is 8.92. The van der Waals surface area contributed by atoms with Gasteiger partial charge in [0.25, 0.3) is 0 Å². The molecular formula is C11H19N3O.